The third-order valence-electron chi connectivity index (χ3n) is 3.92. The van der Waals surface area contributed by atoms with E-state index in [-0.39, 0.29) is 17.5 Å². The lowest BCUT2D eigenvalue weighted by Gasteiger charge is -2.24. The Bertz CT molecular complexity index is 599. The number of rotatable bonds is 5. The number of nitrogens with zero attached hydrogens (tertiary/aromatic N) is 1. The van der Waals surface area contributed by atoms with Crippen LogP contribution in [0.15, 0.2) is 40.8 Å². The highest BCUT2D eigenvalue weighted by molar-refractivity contribution is 6.23. The molecule has 0 aliphatic heterocycles. The van der Waals surface area contributed by atoms with Gasteiger partial charge in [0.05, 0.1) is 11.3 Å². The number of carbonyl (C=O) groups excluding carboxylic acids is 1. The van der Waals surface area contributed by atoms with E-state index in [1.807, 2.05) is 45.0 Å². The highest BCUT2D eigenvalue weighted by Crippen LogP contribution is 2.34. The minimum absolute atomic E-state index is 0.0297. The molecule has 0 heterocycles. The van der Waals surface area contributed by atoms with Gasteiger partial charge in [0.15, 0.2) is 5.78 Å². The summed E-state index contributed by atoms with van der Waals surface area (Å²) in [6.07, 6.45) is 1.42. The van der Waals surface area contributed by atoms with Crippen LogP contribution in [0.1, 0.15) is 50.2 Å². The van der Waals surface area contributed by atoms with E-state index in [0.29, 0.717) is 37.2 Å². The number of carbonyl (C=O) groups is 1. The summed E-state index contributed by atoms with van der Waals surface area (Å²) in [6.45, 7) is 6.21. The van der Waals surface area contributed by atoms with Crippen LogP contribution < -0.4 is 0 Å². The highest BCUT2D eigenvalue weighted by atomic mass is 16.6. The second kappa shape index (κ2) is 7.25. The van der Waals surface area contributed by atoms with Crippen LogP contribution in [0, 0.1) is 6.92 Å². The number of Topliss-reactive ketones (excluding diaryl/α,β-unsaturated/α-hetero) is 1. The van der Waals surface area contributed by atoms with Gasteiger partial charge in [0, 0.05) is 12.8 Å². The first-order valence-corrected chi connectivity index (χ1v) is 7.77. The summed E-state index contributed by atoms with van der Waals surface area (Å²) >= 11 is 0. The van der Waals surface area contributed by atoms with E-state index in [9.17, 15) is 9.90 Å². The van der Waals surface area contributed by atoms with Gasteiger partial charge in [0.2, 0.25) is 0 Å². The topological polar surface area (TPSA) is 58.9 Å². The Morgan fingerprint density at radius 2 is 1.95 bits per heavy atom. The van der Waals surface area contributed by atoms with Crippen molar-refractivity contribution in [3.8, 4) is 0 Å². The Morgan fingerprint density at radius 1 is 1.27 bits per heavy atom. The molecule has 2 rings (SSSR count). The lowest BCUT2D eigenvalue weighted by Crippen LogP contribution is -2.23. The first-order valence-electron chi connectivity index (χ1n) is 7.77. The van der Waals surface area contributed by atoms with Crippen LogP contribution in [0.4, 0.5) is 0 Å². The van der Waals surface area contributed by atoms with Crippen LogP contribution in [0.5, 0.6) is 0 Å². The van der Waals surface area contributed by atoms with Crippen LogP contribution in [0.2, 0.25) is 0 Å². The summed E-state index contributed by atoms with van der Waals surface area (Å²) in [6, 6.07) is 8.12. The normalized spacial score (nSPS) is 19.5. The molecule has 1 aliphatic rings. The first kappa shape index (κ1) is 16.3. The average Bonchev–Trinajstić information content (AvgIpc) is 2.50. The smallest absolute Gasteiger partial charge is 0.168 e. The highest BCUT2D eigenvalue weighted by Gasteiger charge is 2.31. The molecule has 1 unspecified atom stereocenters. The molecule has 1 atom stereocenters. The molecule has 1 N–H and O–H groups in total. The van der Waals surface area contributed by atoms with Crippen molar-refractivity contribution in [3.63, 3.8) is 0 Å². The number of aliphatic hydroxyl groups excluding tert-OH is 1. The maximum absolute atomic E-state index is 12.5. The predicted octanol–water partition coefficient (Wildman–Crippen LogP) is 4.06. The van der Waals surface area contributed by atoms with Crippen molar-refractivity contribution >= 4 is 11.5 Å². The number of hydrogen-bond acceptors (Lipinski definition) is 4. The average molecular weight is 301 g/mol. The Labute approximate surface area is 131 Å². The van der Waals surface area contributed by atoms with Gasteiger partial charge in [-0.05, 0) is 31.7 Å². The monoisotopic (exact) mass is 301 g/mol. The summed E-state index contributed by atoms with van der Waals surface area (Å²) in [5.41, 5.74) is 3.15. The Kier molecular flexibility index (Phi) is 5.36. The van der Waals surface area contributed by atoms with Crippen molar-refractivity contribution in [2.24, 2.45) is 5.16 Å². The zero-order chi connectivity index (χ0) is 16.1. The van der Waals surface area contributed by atoms with E-state index in [1.165, 1.54) is 5.56 Å². The molecule has 0 saturated carbocycles. The molecule has 1 aromatic rings. The number of ketones is 1. The molecule has 118 valence electrons. The van der Waals surface area contributed by atoms with Gasteiger partial charge in [-0.2, -0.15) is 0 Å². The van der Waals surface area contributed by atoms with E-state index in [2.05, 4.69) is 5.16 Å². The fourth-order valence-corrected chi connectivity index (χ4v) is 2.73. The molecule has 0 fully saturated rings. The van der Waals surface area contributed by atoms with Crippen molar-refractivity contribution < 1.29 is 14.7 Å². The van der Waals surface area contributed by atoms with Gasteiger partial charge >= 0.3 is 0 Å². The van der Waals surface area contributed by atoms with E-state index >= 15 is 0 Å². The van der Waals surface area contributed by atoms with Crippen molar-refractivity contribution in [1.82, 2.24) is 0 Å². The SMILES string of the molecule is CCON=C(CC)C1=C(O)CC(c2ccc(C)cc2)CC1=O. The number of oxime groups is 1. The molecule has 0 radical (unpaired) electrons. The zero-order valence-corrected chi connectivity index (χ0v) is 13.4. The minimum atomic E-state index is -0.0605. The number of aliphatic hydroxyl groups is 1. The zero-order valence-electron chi connectivity index (χ0n) is 13.4. The lowest BCUT2D eigenvalue weighted by molar-refractivity contribution is -0.116. The lowest BCUT2D eigenvalue weighted by atomic mass is 9.81. The first-order chi connectivity index (χ1) is 10.6. The molecule has 0 amide bonds. The van der Waals surface area contributed by atoms with Gasteiger partial charge < -0.3 is 9.94 Å². The molecular formula is C18H23NO3. The number of aryl methyl sites for hydroxylation is 1. The number of hydrogen-bond donors (Lipinski definition) is 1. The molecule has 0 bridgehead atoms. The van der Waals surface area contributed by atoms with E-state index in [0.717, 1.165) is 5.56 Å². The summed E-state index contributed by atoms with van der Waals surface area (Å²) in [5.74, 6) is 0.0961. The molecule has 0 aromatic heterocycles. The van der Waals surface area contributed by atoms with Crippen LogP contribution in [0.25, 0.3) is 0 Å². The van der Waals surface area contributed by atoms with E-state index < -0.39 is 0 Å². The van der Waals surface area contributed by atoms with Crippen LogP contribution >= 0.6 is 0 Å². The van der Waals surface area contributed by atoms with Gasteiger partial charge in [-0.25, -0.2) is 0 Å². The Morgan fingerprint density at radius 3 is 2.50 bits per heavy atom. The van der Waals surface area contributed by atoms with Gasteiger partial charge in [-0.1, -0.05) is 41.9 Å². The van der Waals surface area contributed by atoms with Gasteiger partial charge in [-0.15, -0.1) is 0 Å². The Balaban J connectivity index is 2.26. The van der Waals surface area contributed by atoms with E-state index in [1.54, 1.807) is 0 Å². The van der Waals surface area contributed by atoms with Crippen molar-refractivity contribution in [1.29, 1.82) is 0 Å². The fraction of sp³-hybridized carbons (Fsp3) is 0.444. The standard InChI is InChI=1S/C18H23NO3/c1-4-15(19-22-5-2)18-16(20)10-14(11-17(18)21)13-8-6-12(3)7-9-13/h6-9,14,20H,4-5,10-11H2,1-3H3. The molecule has 1 aromatic carbocycles. The molecular weight excluding hydrogens is 278 g/mol. The summed E-state index contributed by atoms with van der Waals surface area (Å²) in [4.78, 5) is 17.5. The third-order valence-corrected chi connectivity index (χ3v) is 3.92. The summed E-state index contributed by atoms with van der Waals surface area (Å²) in [5, 5.41) is 14.3. The molecule has 1 aliphatic carbocycles. The van der Waals surface area contributed by atoms with Gasteiger partial charge in [0.1, 0.15) is 12.4 Å². The number of benzene rings is 1. The molecule has 4 heteroatoms. The van der Waals surface area contributed by atoms with Gasteiger partial charge in [0.25, 0.3) is 0 Å². The van der Waals surface area contributed by atoms with E-state index in [4.69, 9.17) is 4.84 Å². The second-order valence-corrected chi connectivity index (χ2v) is 5.57. The molecule has 4 nitrogen and oxygen atoms in total. The predicted molar refractivity (Wildman–Crippen MR) is 87.2 cm³/mol. The quantitative estimate of drug-likeness (QED) is 0.659. The third kappa shape index (κ3) is 3.56. The minimum Gasteiger partial charge on any atom is -0.511 e. The maximum Gasteiger partial charge on any atom is 0.168 e. The van der Waals surface area contributed by atoms with Crippen molar-refractivity contribution in [2.75, 3.05) is 6.61 Å². The summed E-state index contributed by atoms with van der Waals surface area (Å²) < 4.78 is 0. The van der Waals surface area contributed by atoms with Crippen LogP contribution in [-0.4, -0.2) is 23.2 Å². The maximum atomic E-state index is 12.5. The fourth-order valence-electron chi connectivity index (χ4n) is 2.73. The number of allylic oxidation sites excluding steroid dienone is 2. The van der Waals surface area contributed by atoms with Crippen LogP contribution in [-0.2, 0) is 9.63 Å². The van der Waals surface area contributed by atoms with Gasteiger partial charge in [-0.3, -0.25) is 4.79 Å². The Hall–Kier alpha value is -2.10. The van der Waals surface area contributed by atoms with Crippen molar-refractivity contribution in [3.05, 3.63) is 46.7 Å². The molecule has 0 spiro atoms. The molecule has 22 heavy (non-hydrogen) atoms. The van der Waals surface area contributed by atoms with Crippen LogP contribution in [0.3, 0.4) is 0 Å². The van der Waals surface area contributed by atoms with Crippen molar-refractivity contribution in [2.45, 2.75) is 46.0 Å². The second-order valence-electron chi connectivity index (χ2n) is 5.57. The largest absolute Gasteiger partial charge is 0.511 e. The summed E-state index contributed by atoms with van der Waals surface area (Å²) in [7, 11) is 0. The molecule has 0 saturated heterocycles.